The van der Waals surface area contributed by atoms with Crippen LogP contribution in [0.4, 0.5) is 5.69 Å². The van der Waals surface area contributed by atoms with Crippen LogP contribution in [0.25, 0.3) is 0 Å². The second kappa shape index (κ2) is 2.98. The van der Waals surface area contributed by atoms with E-state index in [1.807, 2.05) is 18.2 Å². The molecular weight excluding hydrogens is 267 g/mol. The lowest BCUT2D eigenvalue weighted by Gasteiger charge is -2.17. The van der Waals surface area contributed by atoms with Crippen molar-refractivity contribution < 1.29 is 0 Å². The zero-order valence-electron chi connectivity index (χ0n) is 6.24. The van der Waals surface area contributed by atoms with Crippen molar-refractivity contribution in [3.8, 4) is 0 Å². The molecule has 0 saturated heterocycles. The van der Waals surface area contributed by atoms with Crippen molar-refractivity contribution in [2.45, 2.75) is 6.54 Å². The molecule has 62 valence electrons. The van der Waals surface area contributed by atoms with Crippen molar-refractivity contribution in [1.82, 2.24) is 5.12 Å². The maximum atomic E-state index is 5.49. The first-order chi connectivity index (χ1) is 5.77. The number of halogens is 1. The predicted octanol–water partition coefficient (Wildman–Crippen LogP) is 1.98. The van der Waals surface area contributed by atoms with E-state index in [1.165, 1.54) is 8.69 Å². The van der Waals surface area contributed by atoms with Crippen molar-refractivity contribution in [2.24, 2.45) is 16.2 Å². The third-order valence-electron chi connectivity index (χ3n) is 1.68. The highest BCUT2D eigenvalue weighted by atomic mass is 127. The van der Waals surface area contributed by atoms with Crippen molar-refractivity contribution in [3.63, 3.8) is 0 Å². The highest BCUT2D eigenvalue weighted by Crippen LogP contribution is 2.28. The Bertz CT molecular complexity index is 336. The van der Waals surface area contributed by atoms with Crippen LogP contribution in [0.15, 0.2) is 28.5 Å². The van der Waals surface area contributed by atoms with Crippen LogP contribution in [0.1, 0.15) is 5.56 Å². The SMILES string of the molecule is NN1Cc2c(I)cccc2N=N1. The van der Waals surface area contributed by atoms with E-state index in [4.69, 9.17) is 5.84 Å². The maximum Gasteiger partial charge on any atom is 0.0936 e. The third-order valence-corrected chi connectivity index (χ3v) is 2.69. The summed E-state index contributed by atoms with van der Waals surface area (Å²) in [6, 6.07) is 5.94. The van der Waals surface area contributed by atoms with E-state index in [0.29, 0.717) is 6.54 Å². The standard InChI is InChI=1S/C7H7IN4/c8-6-2-1-3-7-5(6)4-12(9)11-10-7/h1-3H,4,9H2. The van der Waals surface area contributed by atoms with Crippen molar-refractivity contribution in [1.29, 1.82) is 0 Å². The van der Waals surface area contributed by atoms with Crippen LogP contribution in [-0.2, 0) is 6.54 Å². The summed E-state index contributed by atoms with van der Waals surface area (Å²) in [6.45, 7) is 0.637. The van der Waals surface area contributed by atoms with Crippen LogP contribution in [0.5, 0.6) is 0 Å². The zero-order valence-corrected chi connectivity index (χ0v) is 8.39. The van der Waals surface area contributed by atoms with Crippen LogP contribution < -0.4 is 5.84 Å². The summed E-state index contributed by atoms with van der Waals surface area (Å²) in [4.78, 5) is 0. The zero-order chi connectivity index (χ0) is 8.55. The van der Waals surface area contributed by atoms with Gasteiger partial charge in [-0.3, -0.25) is 0 Å². The van der Waals surface area contributed by atoms with Gasteiger partial charge >= 0.3 is 0 Å². The number of hydrazine groups is 1. The van der Waals surface area contributed by atoms with Crippen molar-refractivity contribution >= 4 is 28.3 Å². The first-order valence-corrected chi connectivity index (χ1v) is 4.56. The monoisotopic (exact) mass is 274 g/mol. The molecule has 0 aliphatic carbocycles. The second-order valence-corrected chi connectivity index (χ2v) is 3.69. The van der Waals surface area contributed by atoms with Gasteiger partial charge in [-0.2, -0.15) is 0 Å². The van der Waals surface area contributed by atoms with Crippen molar-refractivity contribution in [2.75, 3.05) is 0 Å². The Balaban J connectivity index is 2.53. The van der Waals surface area contributed by atoms with Gasteiger partial charge in [-0.25, -0.2) is 11.0 Å². The number of benzene rings is 1. The van der Waals surface area contributed by atoms with Gasteiger partial charge in [-0.05, 0) is 34.7 Å². The van der Waals surface area contributed by atoms with Gasteiger partial charge in [0, 0.05) is 9.13 Å². The fraction of sp³-hybridized carbons (Fsp3) is 0.143. The molecule has 0 unspecified atom stereocenters. The highest BCUT2D eigenvalue weighted by Gasteiger charge is 2.12. The molecule has 2 rings (SSSR count). The van der Waals surface area contributed by atoms with E-state index in [2.05, 4.69) is 32.9 Å². The Morgan fingerprint density at radius 2 is 2.33 bits per heavy atom. The predicted molar refractivity (Wildman–Crippen MR) is 53.4 cm³/mol. The molecule has 4 nitrogen and oxygen atoms in total. The maximum absolute atomic E-state index is 5.49. The Morgan fingerprint density at radius 3 is 3.17 bits per heavy atom. The van der Waals surface area contributed by atoms with Crippen LogP contribution in [0, 0.1) is 3.57 Å². The van der Waals surface area contributed by atoms with Gasteiger partial charge in [0.25, 0.3) is 0 Å². The fourth-order valence-electron chi connectivity index (χ4n) is 1.10. The number of nitrogens with zero attached hydrogens (tertiary/aromatic N) is 3. The van der Waals surface area contributed by atoms with Gasteiger partial charge in [-0.1, -0.05) is 11.3 Å². The summed E-state index contributed by atoms with van der Waals surface area (Å²) in [7, 11) is 0. The van der Waals surface area contributed by atoms with Gasteiger partial charge in [0.05, 0.1) is 12.2 Å². The molecule has 1 aromatic carbocycles. The molecule has 0 atom stereocenters. The molecule has 5 heteroatoms. The van der Waals surface area contributed by atoms with E-state index in [1.54, 1.807) is 0 Å². The van der Waals surface area contributed by atoms with E-state index < -0.39 is 0 Å². The van der Waals surface area contributed by atoms with Crippen LogP contribution in [0.2, 0.25) is 0 Å². The molecular formula is C7H7IN4. The first-order valence-electron chi connectivity index (χ1n) is 3.48. The number of hydrogen-bond acceptors (Lipinski definition) is 4. The van der Waals surface area contributed by atoms with Gasteiger partial charge in [0.1, 0.15) is 0 Å². The smallest absolute Gasteiger partial charge is 0.0936 e. The van der Waals surface area contributed by atoms with Crippen molar-refractivity contribution in [3.05, 3.63) is 27.3 Å². The lowest BCUT2D eigenvalue weighted by atomic mass is 10.2. The molecule has 0 fully saturated rings. The summed E-state index contributed by atoms with van der Waals surface area (Å²) in [5.41, 5.74) is 2.07. The lowest BCUT2D eigenvalue weighted by Crippen LogP contribution is -2.26. The molecule has 2 N–H and O–H groups in total. The van der Waals surface area contributed by atoms with Crippen LogP contribution in [-0.4, -0.2) is 5.12 Å². The Labute approximate surface area is 83.5 Å². The minimum absolute atomic E-state index is 0.637. The number of nitrogens with two attached hydrogens (primary N) is 1. The Kier molecular flexibility index (Phi) is 1.97. The fourth-order valence-corrected chi connectivity index (χ4v) is 1.75. The minimum atomic E-state index is 0.637. The second-order valence-electron chi connectivity index (χ2n) is 2.52. The molecule has 1 heterocycles. The lowest BCUT2D eigenvalue weighted by molar-refractivity contribution is 0.261. The summed E-state index contributed by atoms with van der Waals surface area (Å²) in [5, 5.41) is 9.04. The average Bonchev–Trinajstić information content (AvgIpc) is 2.07. The summed E-state index contributed by atoms with van der Waals surface area (Å²) < 4.78 is 1.18. The van der Waals surface area contributed by atoms with Gasteiger partial charge in [-0.15, -0.1) is 5.11 Å². The largest absolute Gasteiger partial charge is 0.230 e. The molecule has 1 aliphatic rings. The Hall–Kier alpha value is -0.690. The van der Waals surface area contributed by atoms with E-state index in [9.17, 15) is 0 Å². The van der Waals surface area contributed by atoms with E-state index in [-0.39, 0.29) is 0 Å². The highest BCUT2D eigenvalue weighted by molar-refractivity contribution is 14.1. The minimum Gasteiger partial charge on any atom is -0.230 e. The molecule has 0 spiro atoms. The average molecular weight is 274 g/mol. The molecule has 12 heavy (non-hydrogen) atoms. The van der Waals surface area contributed by atoms with E-state index in [0.717, 1.165) is 11.3 Å². The summed E-state index contributed by atoms with van der Waals surface area (Å²) in [5.74, 6) is 5.49. The van der Waals surface area contributed by atoms with E-state index >= 15 is 0 Å². The summed E-state index contributed by atoms with van der Waals surface area (Å²) in [6.07, 6.45) is 0. The normalized spacial score (nSPS) is 14.7. The first kappa shape index (κ1) is 7.93. The number of hydrogen-bond donors (Lipinski definition) is 1. The third kappa shape index (κ3) is 1.29. The van der Waals surface area contributed by atoms with Gasteiger partial charge in [0.2, 0.25) is 0 Å². The molecule has 0 saturated carbocycles. The summed E-state index contributed by atoms with van der Waals surface area (Å²) >= 11 is 2.27. The quantitative estimate of drug-likeness (QED) is 0.581. The number of rotatable bonds is 0. The molecule has 0 bridgehead atoms. The topological polar surface area (TPSA) is 54.0 Å². The van der Waals surface area contributed by atoms with Gasteiger partial charge in [0.15, 0.2) is 0 Å². The molecule has 1 aliphatic heterocycles. The Morgan fingerprint density at radius 1 is 1.50 bits per heavy atom. The van der Waals surface area contributed by atoms with Crippen LogP contribution >= 0.6 is 22.6 Å². The molecule has 0 amide bonds. The molecule has 0 radical (unpaired) electrons. The molecule has 0 aromatic heterocycles. The number of fused-ring (bicyclic) bond motifs is 1. The van der Waals surface area contributed by atoms with Gasteiger partial charge < -0.3 is 0 Å². The molecule has 1 aromatic rings. The van der Waals surface area contributed by atoms with Crippen LogP contribution in [0.3, 0.4) is 0 Å².